The largest absolute Gasteiger partial charge is 0.493 e. The fourth-order valence-electron chi connectivity index (χ4n) is 2.97. The van der Waals surface area contributed by atoms with Crippen molar-refractivity contribution in [1.29, 1.82) is 0 Å². The lowest BCUT2D eigenvalue weighted by molar-refractivity contribution is -0.121. The van der Waals surface area contributed by atoms with E-state index in [1.54, 1.807) is 23.0 Å². The van der Waals surface area contributed by atoms with E-state index in [0.29, 0.717) is 25.8 Å². The molecule has 0 spiro atoms. The number of nitrogens with zero attached hydrogens (tertiary/aromatic N) is 2. The zero-order valence-corrected chi connectivity index (χ0v) is 16.6. The first kappa shape index (κ1) is 21.3. The number of methoxy groups -OCH3 is 1. The number of ether oxygens (including phenoxy) is 2. The number of benzene rings is 2. The minimum Gasteiger partial charge on any atom is -0.493 e. The second-order valence-corrected chi connectivity index (χ2v) is 6.59. The monoisotopic (exact) mass is 415 g/mol. The van der Waals surface area contributed by atoms with Crippen molar-refractivity contribution in [2.45, 2.75) is 25.9 Å². The number of halogens is 2. The Hall–Kier alpha value is -3.42. The summed E-state index contributed by atoms with van der Waals surface area (Å²) in [6.07, 6.45) is 5.06. The van der Waals surface area contributed by atoms with Crippen LogP contribution in [0.25, 0.3) is 5.69 Å². The molecule has 0 aliphatic heterocycles. The summed E-state index contributed by atoms with van der Waals surface area (Å²) in [5.41, 5.74) is 2.69. The van der Waals surface area contributed by atoms with E-state index in [2.05, 4.69) is 15.2 Å². The van der Waals surface area contributed by atoms with E-state index in [0.717, 1.165) is 16.8 Å². The van der Waals surface area contributed by atoms with Crippen LogP contribution in [0.1, 0.15) is 17.5 Å². The van der Waals surface area contributed by atoms with E-state index in [9.17, 15) is 13.6 Å². The second kappa shape index (κ2) is 10.4. The molecule has 0 radical (unpaired) electrons. The summed E-state index contributed by atoms with van der Waals surface area (Å²) in [7, 11) is 1.39. The van der Waals surface area contributed by atoms with Crippen molar-refractivity contribution < 1.29 is 23.0 Å². The van der Waals surface area contributed by atoms with Gasteiger partial charge in [0.15, 0.2) is 11.5 Å². The normalized spacial score (nSPS) is 10.8. The van der Waals surface area contributed by atoms with Crippen molar-refractivity contribution in [3.63, 3.8) is 0 Å². The van der Waals surface area contributed by atoms with Crippen LogP contribution >= 0.6 is 0 Å². The molecule has 3 aromatic rings. The molecule has 8 heteroatoms. The van der Waals surface area contributed by atoms with Crippen LogP contribution in [0, 0.1) is 0 Å². The molecule has 0 bridgehead atoms. The standard InChI is InChI=1S/C22H23F2N3O3/c1-29-19-9-7-16(13-20(19)30-22(23)24)11-12-25-21(28)10-8-17-14-26-27(15-17)18-5-3-2-4-6-18/h2-7,9,13-15,22H,8,10-12H2,1H3,(H,25,28). The van der Waals surface area contributed by atoms with Gasteiger partial charge in [-0.3, -0.25) is 4.79 Å². The van der Waals surface area contributed by atoms with Gasteiger partial charge in [0.05, 0.1) is 19.0 Å². The Morgan fingerprint density at radius 1 is 1.10 bits per heavy atom. The molecule has 0 atom stereocenters. The highest BCUT2D eigenvalue weighted by molar-refractivity contribution is 5.76. The molecule has 0 unspecified atom stereocenters. The van der Waals surface area contributed by atoms with Gasteiger partial charge in [0, 0.05) is 19.2 Å². The summed E-state index contributed by atoms with van der Waals surface area (Å²) >= 11 is 0. The van der Waals surface area contributed by atoms with Gasteiger partial charge in [0.1, 0.15) is 0 Å². The van der Waals surface area contributed by atoms with Crippen molar-refractivity contribution in [3.8, 4) is 17.2 Å². The molecule has 3 rings (SSSR count). The van der Waals surface area contributed by atoms with Crippen LogP contribution in [0.15, 0.2) is 60.9 Å². The number of hydrogen-bond acceptors (Lipinski definition) is 4. The predicted molar refractivity (Wildman–Crippen MR) is 108 cm³/mol. The van der Waals surface area contributed by atoms with E-state index >= 15 is 0 Å². The van der Waals surface area contributed by atoms with Gasteiger partial charge >= 0.3 is 6.61 Å². The summed E-state index contributed by atoms with van der Waals surface area (Å²) < 4.78 is 36.3. The summed E-state index contributed by atoms with van der Waals surface area (Å²) in [5.74, 6) is 0.130. The lowest BCUT2D eigenvalue weighted by Gasteiger charge is -2.12. The van der Waals surface area contributed by atoms with Gasteiger partial charge in [-0.2, -0.15) is 13.9 Å². The van der Waals surface area contributed by atoms with Gasteiger partial charge in [-0.1, -0.05) is 24.3 Å². The molecular formula is C22H23F2N3O3. The molecule has 0 aliphatic carbocycles. The summed E-state index contributed by atoms with van der Waals surface area (Å²) in [5, 5.41) is 7.16. The highest BCUT2D eigenvalue weighted by Crippen LogP contribution is 2.29. The average Bonchev–Trinajstić information content (AvgIpc) is 3.22. The third-order valence-corrected chi connectivity index (χ3v) is 4.48. The lowest BCUT2D eigenvalue weighted by atomic mass is 10.1. The van der Waals surface area contributed by atoms with Crippen LogP contribution in [-0.2, 0) is 17.6 Å². The zero-order valence-electron chi connectivity index (χ0n) is 16.6. The number of rotatable bonds is 10. The number of hydrogen-bond donors (Lipinski definition) is 1. The maximum Gasteiger partial charge on any atom is 0.387 e. The molecule has 0 fully saturated rings. The summed E-state index contributed by atoms with van der Waals surface area (Å²) in [6, 6.07) is 14.6. The second-order valence-electron chi connectivity index (χ2n) is 6.59. The molecule has 1 amide bonds. The van der Waals surface area contributed by atoms with Crippen LogP contribution in [-0.4, -0.2) is 36.0 Å². The molecule has 6 nitrogen and oxygen atoms in total. The van der Waals surface area contributed by atoms with Crippen LogP contribution < -0.4 is 14.8 Å². The molecule has 1 N–H and O–H groups in total. The Morgan fingerprint density at radius 2 is 1.90 bits per heavy atom. The van der Waals surface area contributed by atoms with E-state index < -0.39 is 6.61 Å². The number of para-hydroxylation sites is 1. The maximum atomic E-state index is 12.5. The third kappa shape index (κ3) is 6.04. The Bertz CT molecular complexity index is 961. The summed E-state index contributed by atoms with van der Waals surface area (Å²) in [6.45, 7) is -2.54. The predicted octanol–water partition coefficient (Wildman–Crippen LogP) is 3.77. The highest BCUT2D eigenvalue weighted by Gasteiger charge is 2.11. The van der Waals surface area contributed by atoms with E-state index in [1.165, 1.54) is 13.2 Å². The zero-order chi connectivity index (χ0) is 21.3. The number of amides is 1. The summed E-state index contributed by atoms with van der Waals surface area (Å²) in [4.78, 5) is 12.1. The van der Waals surface area contributed by atoms with E-state index in [4.69, 9.17) is 4.74 Å². The smallest absolute Gasteiger partial charge is 0.387 e. The van der Waals surface area contributed by atoms with Crippen molar-refractivity contribution >= 4 is 5.91 Å². The number of carbonyl (C=O) groups is 1. The SMILES string of the molecule is COc1ccc(CCNC(=O)CCc2cnn(-c3ccccc3)c2)cc1OC(F)F. The van der Waals surface area contributed by atoms with Gasteiger partial charge < -0.3 is 14.8 Å². The fraction of sp³-hybridized carbons (Fsp3) is 0.273. The van der Waals surface area contributed by atoms with Crippen molar-refractivity contribution in [2.75, 3.05) is 13.7 Å². The van der Waals surface area contributed by atoms with Crippen LogP contribution in [0.2, 0.25) is 0 Å². The number of carbonyl (C=O) groups excluding carboxylic acids is 1. The van der Waals surface area contributed by atoms with Crippen LogP contribution in [0.4, 0.5) is 8.78 Å². The Labute approximate surface area is 173 Å². The highest BCUT2D eigenvalue weighted by atomic mass is 19.3. The quantitative estimate of drug-likeness (QED) is 0.547. The topological polar surface area (TPSA) is 65.4 Å². The molecular weight excluding hydrogens is 392 g/mol. The van der Waals surface area contributed by atoms with Gasteiger partial charge in [0.25, 0.3) is 0 Å². The molecule has 158 valence electrons. The maximum absolute atomic E-state index is 12.5. The van der Waals surface area contributed by atoms with Gasteiger partial charge in [-0.15, -0.1) is 0 Å². The Kier molecular flexibility index (Phi) is 7.37. The van der Waals surface area contributed by atoms with Crippen molar-refractivity contribution in [3.05, 3.63) is 72.1 Å². The van der Waals surface area contributed by atoms with Crippen LogP contribution in [0.5, 0.6) is 11.5 Å². The van der Waals surface area contributed by atoms with Gasteiger partial charge in [-0.25, -0.2) is 4.68 Å². The molecule has 1 aromatic heterocycles. The molecule has 0 aliphatic rings. The first-order valence-electron chi connectivity index (χ1n) is 9.52. The molecule has 0 saturated heterocycles. The average molecular weight is 415 g/mol. The fourth-order valence-corrected chi connectivity index (χ4v) is 2.97. The molecule has 1 heterocycles. The first-order chi connectivity index (χ1) is 14.5. The van der Waals surface area contributed by atoms with Crippen LogP contribution in [0.3, 0.4) is 0 Å². The number of aryl methyl sites for hydroxylation is 1. The van der Waals surface area contributed by atoms with E-state index in [1.807, 2.05) is 36.5 Å². The van der Waals surface area contributed by atoms with Crippen molar-refractivity contribution in [2.24, 2.45) is 0 Å². The third-order valence-electron chi connectivity index (χ3n) is 4.48. The molecule has 0 saturated carbocycles. The Balaban J connectivity index is 1.45. The minimum absolute atomic E-state index is 0.0215. The lowest BCUT2D eigenvalue weighted by Crippen LogP contribution is -2.25. The minimum atomic E-state index is -2.93. The number of aromatic nitrogens is 2. The molecule has 2 aromatic carbocycles. The number of alkyl halides is 2. The van der Waals surface area contributed by atoms with Gasteiger partial charge in [0.2, 0.25) is 5.91 Å². The van der Waals surface area contributed by atoms with E-state index in [-0.39, 0.29) is 17.4 Å². The first-order valence-corrected chi connectivity index (χ1v) is 9.52. The van der Waals surface area contributed by atoms with Crippen molar-refractivity contribution in [1.82, 2.24) is 15.1 Å². The molecule has 30 heavy (non-hydrogen) atoms. The number of nitrogens with one attached hydrogen (secondary N) is 1. The Morgan fingerprint density at radius 3 is 2.63 bits per heavy atom. The van der Waals surface area contributed by atoms with Gasteiger partial charge in [-0.05, 0) is 48.2 Å².